The average molecular weight is 240 g/mol. The van der Waals surface area contributed by atoms with E-state index in [0.29, 0.717) is 11.6 Å². The number of rotatable bonds is 3. The van der Waals surface area contributed by atoms with Crippen LogP contribution >= 0.6 is 0 Å². The molecule has 2 heterocycles. The van der Waals surface area contributed by atoms with Gasteiger partial charge < -0.3 is 10.1 Å². The molecule has 5 nitrogen and oxygen atoms in total. The number of aromatic nitrogens is 2. The van der Waals surface area contributed by atoms with E-state index in [1.165, 1.54) is 0 Å². The molecule has 18 heavy (non-hydrogen) atoms. The largest absolute Gasteiger partial charge is 0.481 e. The van der Waals surface area contributed by atoms with Crippen LogP contribution in [-0.2, 0) is 0 Å². The van der Waals surface area contributed by atoms with Crippen molar-refractivity contribution in [3.8, 4) is 23.1 Å². The van der Waals surface area contributed by atoms with Gasteiger partial charge in [-0.1, -0.05) is 0 Å². The topological polar surface area (TPSA) is 70.8 Å². The number of methoxy groups -OCH3 is 1. The highest BCUT2D eigenvalue weighted by Gasteiger charge is 2.09. The highest BCUT2D eigenvalue weighted by Crippen LogP contribution is 2.30. The van der Waals surface area contributed by atoms with Crippen LogP contribution in [0.15, 0.2) is 30.6 Å². The first-order valence-electron chi connectivity index (χ1n) is 5.36. The third kappa shape index (κ3) is 2.23. The summed E-state index contributed by atoms with van der Waals surface area (Å²) in [4.78, 5) is 8.16. The summed E-state index contributed by atoms with van der Waals surface area (Å²) in [5.74, 6) is 0.518. The minimum Gasteiger partial charge on any atom is -0.481 e. The Bertz CT molecular complexity index is 604. The van der Waals surface area contributed by atoms with E-state index < -0.39 is 0 Å². The molecule has 2 aromatic rings. The summed E-state index contributed by atoms with van der Waals surface area (Å²) in [6, 6.07) is 7.46. The average Bonchev–Trinajstić information content (AvgIpc) is 2.46. The van der Waals surface area contributed by atoms with Crippen LogP contribution in [0.2, 0.25) is 0 Å². The number of ether oxygens (including phenoxy) is 1. The molecule has 5 heteroatoms. The first kappa shape index (κ1) is 11.9. The lowest BCUT2D eigenvalue weighted by Crippen LogP contribution is -1.96. The third-order valence-electron chi connectivity index (χ3n) is 2.52. The van der Waals surface area contributed by atoms with Crippen molar-refractivity contribution in [3.05, 3.63) is 36.3 Å². The van der Waals surface area contributed by atoms with Crippen LogP contribution in [-0.4, -0.2) is 24.1 Å². The maximum absolute atomic E-state index is 8.86. The van der Waals surface area contributed by atoms with Gasteiger partial charge in [0.05, 0.1) is 19.0 Å². The quantitative estimate of drug-likeness (QED) is 0.889. The number of nitriles is 1. The van der Waals surface area contributed by atoms with E-state index in [9.17, 15) is 0 Å². The van der Waals surface area contributed by atoms with Gasteiger partial charge >= 0.3 is 0 Å². The number of pyridine rings is 2. The molecular formula is C13H12N4O. The normalized spacial score (nSPS) is 9.61. The number of nitrogens with one attached hydrogen (secondary N) is 1. The van der Waals surface area contributed by atoms with E-state index >= 15 is 0 Å². The molecular weight excluding hydrogens is 228 g/mol. The van der Waals surface area contributed by atoms with Crippen molar-refractivity contribution in [3.63, 3.8) is 0 Å². The molecule has 2 aromatic heterocycles. The summed E-state index contributed by atoms with van der Waals surface area (Å²) < 4.78 is 5.23. The zero-order chi connectivity index (χ0) is 13.0. The molecule has 0 amide bonds. The lowest BCUT2D eigenvalue weighted by molar-refractivity contribution is 0.400. The van der Waals surface area contributed by atoms with Crippen molar-refractivity contribution in [2.75, 3.05) is 19.5 Å². The molecule has 0 aliphatic carbocycles. The van der Waals surface area contributed by atoms with E-state index in [1.54, 1.807) is 25.6 Å². The zero-order valence-electron chi connectivity index (χ0n) is 10.1. The maximum Gasteiger partial charge on any atom is 0.221 e. The van der Waals surface area contributed by atoms with Gasteiger partial charge in [0.25, 0.3) is 0 Å². The van der Waals surface area contributed by atoms with Gasteiger partial charge in [0.2, 0.25) is 5.88 Å². The maximum atomic E-state index is 8.86. The van der Waals surface area contributed by atoms with E-state index in [0.717, 1.165) is 16.8 Å². The fraction of sp³-hybridized carbons (Fsp3) is 0.154. The Balaban J connectivity index is 2.57. The summed E-state index contributed by atoms with van der Waals surface area (Å²) in [5, 5.41) is 11.9. The Morgan fingerprint density at radius 2 is 2.17 bits per heavy atom. The second-order valence-corrected chi connectivity index (χ2v) is 3.57. The molecule has 0 saturated carbocycles. The molecule has 0 saturated heterocycles. The van der Waals surface area contributed by atoms with E-state index in [-0.39, 0.29) is 0 Å². The Hall–Kier alpha value is -2.61. The number of hydrogen-bond acceptors (Lipinski definition) is 5. The summed E-state index contributed by atoms with van der Waals surface area (Å²) in [6.45, 7) is 0. The molecule has 2 rings (SSSR count). The van der Waals surface area contributed by atoms with Crippen LogP contribution < -0.4 is 10.1 Å². The van der Waals surface area contributed by atoms with Gasteiger partial charge in [-0.25, -0.2) is 9.97 Å². The van der Waals surface area contributed by atoms with Crippen LogP contribution in [0.1, 0.15) is 5.69 Å². The molecule has 0 unspecified atom stereocenters. The van der Waals surface area contributed by atoms with Crippen molar-refractivity contribution in [2.45, 2.75) is 0 Å². The Labute approximate surface area is 105 Å². The number of anilines is 1. The lowest BCUT2D eigenvalue weighted by Gasteiger charge is -2.09. The Morgan fingerprint density at radius 1 is 1.33 bits per heavy atom. The third-order valence-corrected chi connectivity index (χ3v) is 2.52. The summed E-state index contributed by atoms with van der Waals surface area (Å²) >= 11 is 0. The van der Waals surface area contributed by atoms with E-state index in [1.807, 2.05) is 25.2 Å². The molecule has 0 aliphatic rings. The van der Waals surface area contributed by atoms with Gasteiger partial charge in [-0.15, -0.1) is 0 Å². The van der Waals surface area contributed by atoms with Gasteiger partial charge in [0.15, 0.2) is 0 Å². The van der Waals surface area contributed by atoms with Crippen molar-refractivity contribution in [1.29, 1.82) is 5.26 Å². The van der Waals surface area contributed by atoms with Gasteiger partial charge in [0.1, 0.15) is 11.8 Å². The molecule has 0 aromatic carbocycles. The van der Waals surface area contributed by atoms with Crippen molar-refractivity contribution in [1.82, 2.24) is 9.97 Å². The van der Waals surface area contributed by atoms with Crippen LogP contribution in [0, 0.1) is 11.3 Å². The smallest absolute Gasteiger partial charge is 0.221 e. The zero-order valence-corrected chi connectivity index (χ0v) is 10.1. The molecule has 0 atom stereocenters. The second-order valence-electron chi connectivity index (χ2n) is 3.57. The summed E-state index contributed by atoms with van der Waals surface area (Å²) in [5.41, 5.74) is 2.91. The first-order chi connectivity index (χ1) is 8.78. The highest BCUT2D eigenvalue weighted by atomic mass is 16.5. The van der Waals surface area contributed by atoms with Crippen LogP contribution in [0.4, 0.5) is 5.69 Å². The fourth-order valence-electron chi connectivity index (χ4n) is 1.62. The van der Waals surface area contributed by atoms with E-state index in [4.69, 9.17) is 10.00 Å². The minimum absolute atomic E-state index is 0.365. The van der Waals surface area contributed by atoms with Gasteiger partial charge in [-0.2, -0.15) is 5.26 Å². The molecule has 0 spiro atoms. The standard InChI is InChI=1S/C13H12N4O/c1-15-11-6-12(13(18-2)17-8-11)9-3-4-16-10(5-9)7-14/h3-6,8,15H,1-2H3. The fourth-order valence-corrected chi connectivity index (χ4v) is 1.62. The summed E-state index contributed by atoms with van der Waals surface area (Å²) in [7, 11) is 3.39. The van der Waals surface area contributed by atoms with Gasteiger partial charge in [-0.3, -0.25) is 0 Å². The predicted molar refractivity (Wildman–Crippen MR) is 68.3 cm³/mol. The van der Waals surface area contributed by atoms with Crippen LogP contribution in [0.5, 0.6) is 5.88 Å². The molecule has 0 radical (unpaired) electrons. The van der Waals surface area contributed by atoms with Gasteiger partial charge in [0, 0.05) is 18.8 Å². The van der Waals surface area contributed by atoms with Crippen molar-refractivity contribution >= 4 is 5.69 Å². The second kappa shape index (κ2) is 5.15. The minimum atomic E-state index is 0.365. The van der Waals surface area contributed by atoms with E-state index in [2.05, 4.69) is 15.3 Å². The Kier molecular flexibility index (Phi) is 3.39. The SMILES string of the molecule is CNc1cnc(OC)c(-c2ccnc(C#N)c2)c1. The predicted octanol–water partition coefficient (Wildman–Crippen LogP) is 2.07. The van der Waals surface area contributed by atoms with Crippen LogP contribution in [0.3, 0.4) is 0 Å². The van der Waals surface area contributed by atoms with Crippen molar-refractivity contribution < 1.29 is 4.74 Å². The molecule has 90 valence electrons. The highest BCUT2D eigenvalue weighted by molar-refractivity contribution is 5.72. The number of nitrogens with zero attached hydrogens (tertiary/aromatic N) is 3. The van der Waals surface area contributed by atoms with Crippen LogP contribution in [0.25, 0.3) is 11.1 Å². The molecule has 0 bridgehead atoms. The van der Waals surface area contributed by atoms with Gasteiger partial charge in [-0.05, 0) is 23.8 Å². The lowest BCUT2D eigenvalue weighted by atomic mass is 10.1. The number of hydrogen-bond donors (Lipinski definition) is 1. The molecule has 0 fully saturated rings. The molecule has 0 aliphatic heterocycles. The Morgan fingerprint density at radius 3 is 2.83 bits per heavy atom. The summed E-state index contributed by atoms with van der Waals surface area (Å²) in [6.07, 6.45) is 3.29. The molecule has 1 N–H and O–H groups in total. The first-order valence-corrected chi connectivity index (χ1v) is 5.36. The monoisotopic (exact) mass is 240 g/mol. The van der Waals surface area contributed by atoms with Crippen molar-refractivity contribution in [2.24, 2.45) is 0 Å².